The van der Waals surface area contributed by atoms with Crippen LogP contribution in [0.1, 0.15) is 61.0 Å². The van der Waals surface area contributed by atoms with Gasteiger partial charge in [-0.25, -0.2) is 0 Å². The maximum atomic E-state index is 13.3. The Hall–Kier alpha value is -2.25. The molecule has 3 atom stereocenters. The highest BCUT2D eigenvalue weighted by molar-refractivity contribution is 6.05. The van der Waals surface area contributed by atoms with E-state index in [1.54, 1.807) is 4.90 Å². The molecule has 2 saturated heterocycles. The lowest BCUT2D eigenvalue weighted by Gasteiger charge is -2.40. The lowest BCUT2D eigenvalue weighted by molar-refractivity contribution is -0.136. The minimum atomic E-state index is -0.575. The molecule has 0 radical (unpaired) electrons. The SMILES string of the molecule is CC(C)[C@@H]1CCN(Cc2cccc3c2C(=O)N(C2CCC(=O)NC2=O)C3)[C@H](CN)C1. The van der Waals surface area contributed by atoms with E-state index in [-0.39, 0.29) is 24.1 Å². The molecule has 0 aliphatic carbocycles. The predicted molar refractivity (Wildman–Crippen MR) is 113 cm³/mol. The molecule has 0 aromatic heterocycles. The van der Waals surface area contributed by atoms with Gasteiger partial charge in [-0.3, -0.25) is 24.6 Å². The lowest BCUT2D eigenvalue weighted by Crippen LogP contribution is -2.52. The summed E-state index contributed by atoms with van der Waals surface area (Å²) in [6.07, 6.45) is 2.91. The molecule has 30 heavy (non-hydrogen) atoms. The Kier molecular flexibility index (Phi) is 5.93. The highest BCUT2D eigenvalue weighted by Gasteiger charge is 2.40. The molecular weight excluding hydrogens is 380 g/mol. The van der Waals surface area contributed by atoms with Gasteiger partial charge in [-0.2, -0.15) is 0 Å². The molecule has 1 unspecified atom stereocenters. The molecule has 3 N–H and O–H groups in total. The molecule has 4 rings (SSSR count). The number of amides is 3. The summed E-state index contributed by atoms with van der Waals surface area (Å²) in [6, 6.07) is 5.73. The van der Waals surface area contributed by atoms with Gasteiger partial charge in [-0.1, -0.05) is 32.0 Å². The van der Waals surface area contributed by atoms with Crippen molar-refractivity contribution in [2.75, 3.05) is 13.1 Å². The average Bonchev–Trinajstić information content (AvgIpc) is 3.05. The Bertz CT molecular complexity index is 853. The Morgan fingerprint density at radius 3 is 2.70 bits per heavy atom. The molecule has 7 heteroatoms. The number of benzene rings is 1. The lowest BCUT2D eigenvalue weighted by atomic mass is 9.82. The average molecular weight is 413 g/mol. The van der Waals surface area contributed by atoms with Gasteiger partial charge in [-0.15, -0.1) is 0 Å². The van der Waals surface area contributed by atoms with Crippen molar-refractivity contribution >= 4 is 17.7 Å². The Morgan fingerprint density at radius 2 is 2.00 bits per heavy atom. The van der Waals surface area contributed by atoms with E-state index in [1.807, 2.05) is 18.2 Å². The molecule has 162 valence electrons. The fraction of sp³-hybridized carbons (Fsp3) is 0.609. The van der Waals surface area contributed by atoms with Crippen LogP contribution >= 0.6 is 0 Å². The molecule has 1 aromatic carbocycles. The van der Waals surface area contributed by atoms with Crippen LogP contribution in [0.2, 0.25) is 0 Å². The van der Waals surface area contributed by atoms with E-state index in [0.717, 1.165) is 36.1 Å². The van der Waals surface area contributed by atoms with Crippen LogP contribution in [0.4, 0.5) is 0 Å². The van der Waals surface area contributed by atoms with E-state index < -0.39 is 6.04 Å². The van der Waals surface area contributed by atoms with E-state index in [2.05, 4.69) is 24.1 Å². The van der Waals surface area contributed by atoms with Gasteiger partial charge >= 0.3 is 0 Å². The Labute approximate surface area is 178 Å². The van der Waals surface area contributed by atoms with E-state index in [4.69, 9.17) is 5.73 Å². The van der Waals surface area contributed by atoms with Gasteiger partial charge in [0.1, 0.15) is 6.04 Å². The molecule has 3 amide bonds. The zero-order chi connectivity index (χ0) is 21.4. The molecule has 2 fully saturated rings. The van der Waals surface area contributed by atoms with Gasteiger partial charge in [0, 0.05) is 37.7 Å². The minimum absolute atomic E-state index is 0.100. The maximum absolute atomic E-state index is 13.3. The number of piperidine rings is 2. The number of carbonyl (C=O) groups excluding carboxylic acids is 3. The number of nitrogens with one attached hydrogen (secondary N) is 1. The van der Waals surface area contributed by atoms with E-state index >= 15 is 0 Å². The van der Waals surface area contributed by atoms with Gasteiger partial charge in [0.15, 0.2) is 0 Å². The monoisotopic (exact) mass is 412 g/mol. The van der Waals surface area contributed by atoms with E-state index in [0.29, 0.717) is 43.9 Å². The highest BCUT2D eigenvalue weighted by atomic mass is 16.2. The second-order valence-electron chi connectivity index (χ2n) is 9.24. The van der Waals surface area contributed by atoms with Crippen LogP contribution in [-0.4, -0.2) is 52.7 Å². The summed E-state index contributed by atoms with van der Waals surface area (Å²) < 4.78 is 0. The quantitative estimate of drug-likeness (QED) is 0.717. The van der Waals surface area contributed by atoms with Crippen LogP contribution < -0.4 is 11.1 Å². The third-order valence-corrected chi connectivity index (χ3v) is 7.11. The van der Waals surface area contributed by atoms with Crippen LogP contribution in [0.25, 0.3) is 0 Å². The zero-order valence-corrected chi connectivity index (χ0v) is 17.9. The summed E-state index contributed by atoms with van der Waals surface area (Å²) in [7, 11) is 0. The van der Waals surface area contributed by atoms with Gasteiger partial charge in [0.2, 0.25) is 11.8 Å². The Morgan fingerprint density at radius 1 is 1.20 bits per heavy atom. The largest absolute Gasteiger partial charge is 0.329 e. The number of nitrogens with zero attached hydrogens (tertiary/aromatic N) is 2. The summed E-state index contributed by atoms with van der Waals surface area (Å²) in [6.45, 7) is 7.28. The molecule has 7 nitrogen and oxygen atoms in total. The number of hydrogen-bond acceptors (Lipinski definition) is 5. The smallest absolute Gasteiger partial charge is 0.255 e. The van der Waals surface area contributed by atoms with Gasteiger partial charge in [0.05, 0.1) is 0 Å². The fourth-order valence-electron chi connectivity index (χ4n) is 5.23. The van der Waals surface area contributed by atoms with Crippen molar-refractivity contribution in [1.29, 1.82) is 0 Å². The molecule has 0 spiro atoms. The fourth-order valence-corrected chi connectivity index (χ4v) is 5.23. The first-order valence-corrected chi connectivity index (χ1v) is 11.1. The van der Waals surface area contributed by atoms with Gasteiger partial charge in [-0.05, 0) is 48.8 Å². The summed E-state index contributed by atoms with van der Waals surface area (Å²) in [5.74, 6) is 0.620. The van der Waals surface area contributed by atoms with Crippen molar-refractivity contribution in [2.24, 2.45) is 17.6 Å². The maximum Gasteiger partial charge on any atom is 0.255 e. The van der Waals surface area contributed by atoms with Crippen LogP contribution in [0.15, 0.2) is 18.2 Å². The first-order chi connectivity index (χ1) is 14.4. The number of carbonyl (C=O) groups is 3. The second kappa shape index (κ2) is 8.47. The number of hydrogen-bond donors (Lipinski definition) is 2. The molecule has 3 heterocycles. The van der Waals surface area contributed by atoms with Crippen LogP contribution in [0.5, 0.6) is 0 Å². The summed E-state index contributed by atoms with van der Waals surface area (Å²) >= 11 is 0. The zero-order valence-electron chi connectivity index (χ0n) is 17.9. The second-order valence-corrected chi connectivity index (χ2v) is 9.24. The molecule has 1 aromatic rings. The van der Waals surface area contributed by atoms with Crippen molar-refractivity contribution in [3.63, 3.8) is 0 Å². The van der Waals surface area contributed by atoms with Crippen molar-refractivity contribution in [3.8, 4) is 0 Å². The molecule has 3 aliphatic rings. The van der Waals surface area contributed by atoms with Gasteiger partial charge < -0.3 is 10.6 Å². The first kappa shape index (κ1) is 21.0. The number of nitrogens with two attached hydrogens (primary N) is 1. The van der Waals surface area contributed by atoms with Crippen LogP contribution in [-0.2, 0) is 22.7 Å². The van der Waals surface area contributed by atoms with Crippen molar-refractivity contribution in [2.45, 2.75) is 64.7 Å². The summed E-state index contributed by atoms with van der Waals surface area (Å²) in [4.78, 5) is 41.1. The van der Waals surface area contributed by atoms with Gasteiger partial charge in [0.25, 0.3) is 5.91 Å². The topological polar surface area (TPSA) is 95.7 Å². The Balaban J connectivity index is 1.52. The minimum Gasteiger partial charge on any atom is -0.329 e. The van der Waals surface area contributed by atoms with E-state index in [1.165, 1.54) is 0 Å². The normalized spacial score (nSPS) is 27.5. The van der Waals surface area contributed by atoms with Crippen LogP contribution in [0, 0.1) is 11.8 Å². The molecular formula is C23H32N4O3. The molecule has 0 saturated carbocycles. The van der Waals surface area contributed by atoms with E-state index in [9.17, 15) is 14.4 Å². The number of rotatable bonds is 5. The summed E-state index contributed by atoms with van der Waals surface area (Å²) in [5.41, 5.74) is 8.80. The number of imide groups is 1. The number of fused-ring (bicyclic) bond motifs is 1. The van der Waals surface area contributed by atoms with Crippen LogP contribution in [0.3, 0.4) is 0 Å². The molecule has 3 aliphatic heterocycles. The van der Waals surface area contributed by atoms with Crippen molar-refractivity contribution in [3.05, 3.63) is 34.9 Å². The van der Waals surface area contributed by atoms with Crippen molar-refractivity contribution < 1.29 is 14.4 Å². The van der Waals surface area contributed by atoms with Crippen molar-refractivity contribution in [1.82, 2.24) is 15.1 Å². The number of likely N-dealkylation sites (tertiary alicyclic amines) is 1. The highest BCUT2D eigenvalue weighted by Crippen LogP contribution is 2.33. The summed E-state index contributed by atoms with van der Waals surface area (Å²) in [5, 5.41) is 2.37. The standard InChI is InChI=1S/C23H32N4O3/c1-14(2)15-8-9-26(18(10-15)11-24)12-16-4-3-5-17-13-27(23(30)21(16)17)19-6-7-20(28)25-22(19)29/h3-5,14-15,18-19H,6-13,24H2,1-2H3,(H,25,28,29)/t15-,18+,19?/m1/s1. The first-order valence-electron chi connectivity index (χ1n) is 11.1. The third-order valence-electron chi connectivity index (χ3n) is 7.11. The third kappa shape index (κ3) is 3.88. The molecule has 0 bridgehead atoms. The predicted octanol–water partition coefficient (Wildman–Crippen LogP) is 1.64.